The van der Waals surface area contributed by atoms with E-state index in [4.69, 9.17) is 0 Å². The Kier molecular flexibility index (Phi) is 3.58. The Morgan fingerprint density at radius 1 is 1.47 bits per heavy atom. The fourth-order valence-corrected chi connectivity index (χ4v) is 1.85. The molecule has 1 aromatic carbocycles. The van der Waals surface area contributed by atoms with Gasteiger partial charge in [0.1, 0.15) is 5.69 Å². The number of para-hydroxylation sites is 2. The molecule has 92 valence electrons. The second kappa shape index (κ2) is 5.14. The molecular formula is C12H17N3O2. The predicted molar refractivity (Wildman–Crippen MR) is 67.2 cm³/mol. The SMILES string of the molecule is CN(CCNc1ccccc1[N+](=O)[O-])C1CC1. The zero-order chi connectivity index (χ0) is 12.3. The maximum Gasteiger partial charge on any atom is 0.292 e. The first-order valence-corrected chi connectivity index (χ1v) is 5.86. The van der Waals surface area contributed by atoms with Gasteiger partial charge >= 0.3 is 0 Å². The van der Waals surface area contributed by atoms with Crippen molar-refractivity contribution in [3.8, 4) is 0 Å². The summed E-state index contributed by atoms with van der Waals surface area (Å²) in [6, 6.07) is 7.48. The number of anilines is 1. The number of hydrogen-bond donors (Lipinski definition) is 1. The first-order chi connectivity index (χ1) is 8.18. The summed E-state index contributed by atoms with van der Waals surface area (Å²) >= 11 is 0. The number of hydrogen-bond acceptors (Lipinski definition) is 4. The third-order valence-electron chi connectivity index (χ3n) is 3.05. The van der Waals surface area contributed by atoms with Crippen LogP contribution in [0.15, 0.2) is 24.3 Å². The lowest BCUT2D eigenvalue weighted by atomic mass is 10.2. The maximum atomic E-state index is 10.8. The number of nitrogens with zero attached hydrogens (tertiary/aromatic N) is 2. The molecule has 5 heteroatoms. The number of benzene rings is 1. The van der Waals surface area contributed by atoms with Crippen LogP contribution < -0.4 is 5.32 Å². The molecule has 0 spiro atoms. The number of nitrogens with one attached hydrogen (secondary N) is 1. The molecule has 0 amide bonds. The van der Waals surface area contributed by atoms with E-state index in [9.17, 15) is 10.1 Å². The molecule has 5 nitrogen and oxygen atoms in total. The van der Waals surface area contributed by atoms with Crippen LogP contribution >= 0.6 is 0 Å². The summed E-state index contributed by atoms with van der Waals surface area (Å²) in [5, 5.41) is 13.9. The summed E-state index contributed by atoms with van der Waals surface area (Å²) in [7, 11) is 2.10. The van der Waals surface area contributed by atoms with Crippen molar-refractivity contribution in [2.75, 3.05) is 25.5 Å². The minimum absolute atomic E-state index is 0.140. The van der Waals surface area contributed by atoms with Gasteiger partial charge in [-0.05, 0) is 26.0 Å². The lowest BCUT2D eigenvalue weighted by Gasteiger charge is -2.16. The fourth-order valence-electron chi connectivity index (χ4n) is 1.85. The van der Waals surface area contributed by atoms with Crippen LogP contribution in [0.2, 0.25) is 0 Å². The largest absolute Gasteiger partial charge is 0.378 e. The van der Waals surface area contributed by atoms with E-state index in [2.05, 4.69) is 17.3 Å². The Hall–Kier alpha value is -1.62. The minimum Gasteiger partial charge on any atom is -0.378 e. The van der Waals surface area contributed by atoms with E-state index in [-0.39, 0.29) is 10.6 Å². The Morgan fingerprint density at radius 3 is 2.82 bits per heavy atom. The Labute approximate surface area is 101 Å². The summed E-state index contributed by atoms with van der Waals surface area (Å²) in [4.78, 5) is 12.7. The average Bonchev–Trinajstić information content (AvgIpc) is 3.13. The van der Waals surface area contributed by atoms with Crippen molar-refractivity contribution in [2.45, 2.75) is 18.9 Å². The second-order valence-corrected chi connectivity index (χ2v) is 4.41. The van der Waals surface area contributed by atoms with E-state index in [1.807, 2.05) is 0 Å². The Balaban J connectivity index is 1.87. The molecule has 0 heterocycles. The van der Waals surface area contributed by atoms with Gasteiger partial charge in [-0.1, -0.05) is 12.1 Å². The van der Waals surface area contributed by atoms with Gasteiger partial charge in [0.05, 0.1) is 4.92 Å². The fraction of sp³-hybridized carbons (Fsp3) is 0.500. The number of rotatable bonds is 6. The normalized spacial score (nSPS) is 14.9. The molecule has 1 saturated carbocycles. The monoisotopic (exact) mass is 235 g/mol. The highest BCUT2D eigenvalue weighted by Gasteiger charge is 2.25. The van der Waals surface area contributed by atoms with Gasteiger partial charge in [-0.15, -0.1) is 0 Å². The number of nitro benzene ring substituents is 1. The van der Waals surface area contributed by atoms with Crippen LogP contribution in [-0.4, -0.2) is 36.0 Å². The van der Waals surface area contributed by atoms with Crippen molar-refractivity contribution >= 4 is 11.4 Å². The minimum atomic E-state index is -0.354. The summed E-state index contributed by atoms with van der Waals surface area (Å²) in [6.07, 6.45) is 2.56. The van der Waals surface area contributed by atoms with Gasteiger partial charge in [-0.25, -0.2) is 0 Å². The highest BCUT2D eigenvalue weighted by atomic mass is 16.6. The van der Waals surface area contributed by atoms with Crippen LogP contribution in [0.5, 0.6) is 0 Å². The van der Waals surface area contributed by atoms with Crippen LogP contribution in [0.4, 0.5) is 11.4 Å². The smallest absolute Gasteiger partial charge is 0.292 e. The zero-order valence-electron chi connectivity index (χ0n) is 9.93. The molecule has 2 rings (SSSR count). The summed E-state index contributed by atoms with van der Waals surface area (Å²) in [5.41, 5.74) is 0.739. The van der Waals surface area contributed by atoms with Gasteiger partial charge in [0, 0.05) is 25.2 Å². The van der Waals surface area contributed by atoms with Gasteiger partial charge in [-0.2, -0.15) is 0 Å². The van der Waals surface area contributed by atoms with Gasteiger partial charge in [0.15, 0.2) is 0 Å². The van der Waals surface area contributed by atoms with E-state index in [0.29, 0.717) is 5.69 Å². The summed E-state index contributed by atoms with van der Waals surface area (Å²) < 4.78 is 0. The molecule has 1 fully saturated rings. The molecule has 0 radical (unpaired) electrons. The van der Waals surface area contributed by atoms with E-state index in [1.165, 1.54) is 18.9 Å². The van der Waals surface area contributed by atoms with Crippen molar-refractivity contribution in [3.63, 3.8) is 0 Å². The summed E-state index contributed by atoms with van der Waals surface area (Å²) in [6.45, 7) is 1.65. The van der Waals surface area contributed by atoms with Crippen LogP contribution in [0.1, 0.15) is 12.8 Å². The van der Waals surface area contributed by atoms with Crippen molar-refractivity contribution in [1.82, 2.24) is 4.90 Å². The average molecular weight is 235 g/mol. The molecule has 1 aliphatic rings. The van der Waals surface area contributed by atoms with Crippen molar-refractivity contribution in [1.29, 1.82) is 0 Å². The number of nitro groups is 1. The molecule has 0 aliphatic heterocycles. The molecule has 17 heavy (non-hydrogen) atoms. The van der Waals surface area contributed by atoms with Crippen molar-refractivity contribution < 1.29 is 4.92 Å². The predicted octanol–water partition coefficient (Wildman–Crippen LogP) is 2.10. The molecule has 1 aliphatic carbocycles. The summed E-state index contributed by atoms with van der Waals surface area (Å²) in [5.74, 6) is 0. The molecule has 0 atom stereocenters. The number of likely N-dealkylation sites (N-methyl/N-ethyl adjacent to an activating group) is 1. The standard InChI is InChI=1S/C12H17N3O2/c1-14(10-6-7-10)9-8-13-11-4-2-3-5-12(11)15(16)17/h2-5,10,13H,6-9H2,1H3. The molecule has 0 unspecified atom stereocenters. The quantitative estimate of drug-likeness (QED) is 0.606. The maximum absolute atomic E-state index is 10.8. The lowest BCUT2D eigenvalue weighted by molar-refractivity contribution is -0.384. The highest BCUT2D eigenvalue weighted by molar-refractivity contribution is 5.60. The zero-order valence-corrected chi connectivity index (χ0v) is 9.93. The third kappa shape index (κ3) is 3.17. The van der Waals surface area contributed by atoms with Gasteiger partial charge in [0.25, 0.3) is 5.69 Å². The first kappa shape index (κ1) is 11.9. The Bertz CT molecular complexity index is 404. The van der Waals surface area contributed by atoms with Crippen molar-refractivity contribution in [3.05, 3.63) is 34.4 Å². The second-order valence-electron chi connectivity index (χ2n) is 4.41. The van der Waals surface area contributed by atoms with Crippen LogP contribution in [0.3, 0.4) is 0 Å². The molecule has 1 N–H and O–H groups in total. The highest BCUT2D eigenvalue weighted by Crippen LogP contribution is 2.25. The van der Waals surface area contributed by atoms with Crippen LogP contribution in [0, 0.1) is 10.1 Å². The third-order valence-corrected chi connectivity index (χ3v) is 3.05. The van der Waals surface area contributed by atoms with Gasteiger partial charge in [-0.3, -0.25) is 10.1 Å². The van der Waals surface area contributed by atoms with E-state index < -0.39 is 0 Å². The Morgan fingerprint density at radius 2 is 2.18 bits per heavy atom. The lowest BCUT2D eigenvalue weighted by Crippen LogP contribution is -2.27. The van der Waals surface area contributed by atoms with E-state index in [1.54, 1.807) is 18.2 Å². The van der Waals surface area contributed by atoms with Gasteiger partial charge < -0.3 is 10.2 Å². The van der Waals surface area contributed by atoms with Gasteiger partial charge in [0.2, 0.25) is 0 Å². The van der Waals surface area contributed by atoms with Crippen LogP contribution in [0.25, 0.3) is 0 Å². The molecular weight excluding hydrogens is 218 g/mol. The molecule has 0 saturated heterocycles. The first-order valence-electron chi connectivity index (χ1n) is 5.86. The molecule has 1 aromatic rings. The molecule has 0 bridgehead atoms. The molecule has 0 aromatic heterocycles. The van der Waals surface area contributed by atoms with E-state index in [0.717, 1.165) is 19.1 Å². The van der Waals surface area contributed by atoms with Crippen molar-refractivity contribution in [2.24, 2.45) is 0 Å². The van der Waals surface area contributed by atoms with Crippen LogP contribution in [-0.2, 0) is 0 Å². The topological polar surface area (TPSA) is 58.4 Å². The van der Waals surface area contributed by atoms with E-state index >= 15 is 0 Å².